The molecule has 2 atom stereocenters. The Morgan fingerprint density at radius 1 is 1.19 bits per heavy atom. The summed E-state index contributed by atoms with van der Waals surface area (Å²) in [7, 11) is 0. The molecule has 2 aromatic carbocycles. The Morgan fingerprint density at radius 3 is 2.71 bits per heavy atom. The second-order valence-electron chi connectivity index (χ2n) is 8.00. The zero-order valence-electron chi connectivity index (χ0n) is 18.0. The van der Waals surface area contributed by atoms with Crippen molar-refractivity contribution in [2.75, 3.05) is 6.61 Å². The van der Waals surface area contributed by atoms with Crippen LogP contribution in [0.5, 0.6) is 11.5 Å². The van der Waals surface area contributed by atoms with Gasteiger partial charge in [0.05, 0.1) is 17.2 Å². The molecule has 5 nitrogen and oxygen atoms in total. The third-order valence-corrected chi connectivity index (χ3v) is 6.78. The molecule has 0 bridgehead atoms. The van der Waals surface area contributed by atoms with E-state index in [1.807, 2.05) is 48.2 Å². The SMILES string of the molecule is CCOc1cc(/C=C2\SC(=Nc3ccccc3)N([C@@H]3CCCC[C@H]3C)C2=O)ccc1O. The maximum Gasteiger partial charge on any atom is 0.267 e. The lowest BCUT2D eigenvalue weighted by atomic mass is 9.85. The van der Waals surface area contributed by atoms with Crippen molar-refractivity contribution in [3.63, 3.8) is 0 Å². The number of ether oxygens (including phenoxy) is 1. The normalized spacial score (nSPS) is 24.2. The van der Waals surface area contributed by atoms with Crippen LogP contribution in [0.4, 0.5) is 5.69 Å². The number of phenolic OH excluding ortho intramolecular Hbond substituents is 1. The first kappa shape index (κ1) is 21.5. The van der Waals surface area contributed by atoms with Gasteiger partial charge in [0.1, 0.15) is 0 Å². The van der Waals surface area contributed by atoms with Gasteiger partial charge in [0.2, 0.25) is 0 Å². The number of phenols is 1. The minimum absolute atomic E-state index is 0.00414. The molecule has 0 radical (unpaired) electrons. The Kier molecular flexibility index (Phi) is 6.66. The molecule has 1 aliphatic heterocycles. The van der Waals surface area contributed by atoms with Crippen LogP contribution in [0.2, 0.25) is 0 Å². The van der Waals surface area contributed by atoms with Crippen LogP contribution in [-0.4, -0.2) is 33.7 Å². The van der Waals surface area contributed by atoms with Gasteiger partial charge in [0.25, 0.3) is 5.91 Å². The van der Waals surface area contributed by atoms with E-state index in [2.05, 4.69) is 6.92 Å². The Bertz CT molecular complexity index is 1000. The lowest BCUT2D eigenvalue weighted by Gasteiger charge is -2.35. The summed E-state index contributed by atoms with van der Waals surface area (Å²) in [6, 6.07) is 15.1. The molecule has 31 heavy (non-hydrogen) atoms. The summed E-state index contributed by atoms with van der Waals surface area (Å²) in [4.78, 5) is 20.9. The molecule has 1 saturated carbocycles. The van der Waals surface area contributed by atoms with Gasteiger partial charge >= 0.3 is 0 Å². The largest absolute Gasteiger partial charge is 0.504 e. The van der Waals surface area contributed by atoms with Gasteiger partial charge in [0.15, 0.2) is 16.7 Å². The molecule has 1 N–H and O–H groups in total. The Morgan fingerprint density at radius 2 is 1.97 bits per heavy atom. The third kappa shape index (κ3) is 4.79. The van der Waals surface area contributed by atoms with Crippen molar-refractivity contribution in [1.29, 1.82) is 0 Å². The smallest absolute Gasteiger partial charge is 0.267 e. The quantitative estimate of drug-likeness (QED) is 0.586. The molecule has 1 saturated heterocycles. The number of carbonyl (C=O) groups excluding carboxylic acids is 1. The molecular weight excluding hydrogens is 408 g/mol. The van der Waals surface area contributed by atoms with Gasteiger partial charge < -0.3 is 9.84 Å². The van der Waals surface area contributed by atoms with E-state index >= 15 is 0 Å². The lowest BCUT2D eigenvalue weighted by Crippen LogP contribution is -2.44. The fourth-order valence-corrected chi connectivity index (χ4v) is 5.24. The predicted molar refractivity (Wildman–Crippen MR) is 127 cm³/mol. The molecule has 162 valence electrons. The van der Waals surface area contributed by atoms with Crippen LogP contribution in [0.15, 0.2) is 58.4 Å². The zero-order chi connectivity index (χ0) is 21.8. The van der Waals surface area contributed by atoms with E-state index in [0.29, 0.717) is 23.2 Å². The van der Waals surface area contributed by atoms with Crippen LogP contribution in [0.25, 0.3) is 6.08 Å². The molecule has 0 unspecified atom stereocenters. The molecule has 2 aromatic rings. The predicted octanol–water partition coefficient (Wildman–Crippen LogP) is 5.97. The first-order valence-electron chi connectivity index (χ1n) is 10.9. The summed E-state index contributed by atoms with van der Waals surface area (Å²) in [5.41, 5.74) is 1.66. The van der Waals surface area contributed by atoms with E-state index in [1.54, 1.807) is 18.2 Å². The number of para-hydroxylation sites is 1. The van der Waals surface area contributed by atoms with Gasteiger partial charge in [-0.2, -0.15) is 0 Å². The molecular formula is C25H28N2O3S. The van der Waals surface area contributed by atoms with E-state index in [9.17, 15) is 9.90 Å². The van der Waals surface area contributed by atoms with Crippen molar-refractivity contribution in [1.82, 2.24) is 4.90 Å². The number of nitrogens with zero attached hydrogens (tertiary/aromatic N) is 2. The molecule has 0 aromatic heterocycles. The Hall–Kier alpha value is -2.73. The van der Waals surface area contributed by atoms with E-state index < -0.39 is 0 Å². The average Bonchev–Trinajstić information content (AvgIpc) is 3.06. The second kappa shape index (κ2) is 9.60. The highest BCUT2D eigenvalue weighted by molar-refractivity contribution is 8.18. The van der Waals surface area contributed by atoms with Crippen molar-refractivity contribution in [3.05, 3.63) is 59.0 Å². The lowest BCUT2D eigenvalue weighted by molar-refractivity contribution is -0.124. The van der Waals surface area contributed by atoms with Crippen LogP contribution in [0.3, 0.4) is 0 Å². The van der Waals surface area contributed by atoms with Crippen molar-refractivity contribution in [2.45, 2.75) is 45.6 Å². The van der Waals surface area contributed by atoms with E-state index in [0.717, 1.165) is 35.7 Å². The van der Waals surface area contributed by atoms with Gasteiger partial charge in [-0.25, -0.2) is 4.99 Å². The molecule has 1 heterocycles. The summed E-state index contributed by atoms with van der Waals surface area (Å²) in [6.07, 6.45) is 6.35. The number of rotatable bonds is 5. The highest BCUT2D eigenvalue weighted by Gasteiger charge is 2.41. The molecule has 1 aliphatic carbocycles. The average molecular weight is 437 g/mol. The maximum absolute atomic E-state index is 13.5. The second-order valence-corrected chi connectivity index (χ2v) is 9.01. The monoisotopic (exact) mass is 436 g/mol. The van der Waals surface area contributed by atoms with E-state index in [-0.39, 0.29) is 17.7 Å². The zero-order valence-corrected chi connectivity index (χ0v) is 18.8. The Labute approximate surface area is 187 Å². The molecule has 1 amide bonds. The number of hydrogen-bond donors (Lipinski definition) is 1. The topological polar surface area (TPSA) is 62.1 Å². The Balaban J connectivity index is 1.70. The highest BCUT2D eigenvalue weighted by atomic mass is 32.2. The molecule has 6 heteroatoms. The minimum atomic E-state index is 0.00414. The number of aliphatic imine (C=N–C) groups is 1. The van der Waals surface area contributed by atoms with Crippen LogP contribution in [0.1, 0.15) is 45.1 Å². The molecule has 2 aliphatic rings. The van der Waals surface area contributed by atoms with Crippen LogP contribution in [-0.2, 0) is 4.79 Å². The van der Waals surface area contributed by atoms with Crippen LogP contribution in [0, 0.1) is 5.92 Å². The maximum atomic E-state index is 13.5. The first-order chi connectivity index (χ1) is 15.1. The standard InChI is InChI=1S/C25H28N2O3S/c1-3-30-22-15-18(13-14-21(22)28)16-23-24(29)27(20-12-8-7-9-17(20)2)25(31-23)26-19-10-5-4-6-11-19/h4-6,10-11,13-17,20,28H,3,7-9,12H2,1-2H3/b23-16-,26-25?/t17-,20-/m1/s1. The number of amidine groups is 1. The molecule has 0 spiro atoms. The van der Waals surface area contributed by atoms with Gasteiger partial charge in [-0.15, -0.1) is 0 Å². The third-order valence-electron chi connectivity index (χ3n) is 5.80. The van der Waals surface area contributed by atoms with E-state index in [4.69, 9.17) is 9.73 Å². The first-order valence-corrected chi connectivity index (χ1v) is 11.7. The minimum Gasteiger partial charge on any atom is -0.504 e. The number of carbonyl (C=O) groups is 1. The summed E-state index contributed by atoms with van der Waals surface area (Å²) >= 11 is 1.42. The summed E-state index contributed by atoms with van der Waals surface area (Å²) in [6.45, 7) is 4.57. The van der Waals surface area contributed by atoms with Gasteiger partial charge in [-0.05, 0) is 73.4 Å². The van der Waals surface area contributed by atoms with Crippen molar-refractivity contribution >= 4 is 34.6 Å². The number of aromatic hydroxyl groups is 1. The van der Waals surface area contributed by atoms with Gasteiger partial charge in [-0.1, -0.05) is 44.0 Å². The summed E-state index contributed by atoms with van der Waals surface area (Å²) in [5.74, 6) is 0.961. The molecule has 2 fully saturated rings. The van der Waals surface area contributed by atoms with Gasteiger partial charge in [-0.3, -0.25) is 9.69 Å². The fraction of sp³-hybridized carbons (Fsp3) is 0.360. The van der Waals surface area contributed by atoms with Crippen molar-refractivity contribution in [2.24, 2.45) is 10.9 Å². The number of benzene rings is 2. The summed E-state index contributed by atoms with van der Waals surface area (Å²) in [5, 5.41) is 10.7. The van der Waals surface area contributed by atoms with Crippen molar-refractivity contribution < 1.29 is 14.6 Å². The van der Waals surface area contributed by atoms with Gasteiger partial charge in [0, 0.05) is 6.04 Å². The highest BCUT2D eigenvalue weighted by Crippen LogP contribution is 2.40. The van der Waals surface area contributed by atoms with Crippen LogP contribution < -0.4 is 4.74 Å². The van der Waals surface area contributed by atoms with Crippen LogP contribution >= 0.6 is 11.8 Å². The fourth-order valence-electron chi connectivity index (χ4n) is 4.19. The van der Waals surface area contributed by atoms with E-state index in [1.165, 1.54) is 18.2 Å². The number of hydrogen-bond acceptors (Lipinski definition) is 5. The number of thioether (sulfide) groups is 1. The van der Waals surface area contributed by atoms with Crippen molar-refractivity contribution in [3.8, 4) is 11.5 Å². The number of amides is 1. The summed E-state index contributed by atoms with van der Waals surface area (Å²) < 4.78 is 5.49. The molecule has 4 rings (SSSR count).